The lowest BCUT2D eigenvalue weighted by Gasteiger charge is -2.33. The van der Waals surface area contributed by atoms with Gasteiger partial charge in [0.2, 0.25) is 0 Å². The van der Waals surface area contributed by atoms with Gasteiger partial charge in [0, 0.05) is 27.6 Å². The molecular formula is C50H45ClN2O5S. The molecule has 1 aromatic heterocycles. The van der Waals surface area contributed by atoms with Crippen molar-refractivity contribution in [1.29, 1.82) is 0 Å². The predicted octanol–water partition coefficient (Wildman–Crippen LogP) is 13.0. The number of hydrogen-bond acceptors (Lipinski definition) is 6. The van der Waals surface area contributed by atoms with Crippen LogP contribution in [0.2, 0.25) is 5.02 Å². The van der Waals surface area contributed by atoms with Gasteiger partial charge in [-0.25, -0.2) is 13.4 Å². The number of nitrogens with one attached hydrogen (secondary N) is 1. The van der Waals surface area contributed by atoms with Crippen molar-refractivity contribution in [1.82, 2.24) is 4.98 Å². The molecule has 0 fully saturated rings. The molecule has 1 aliphatic rings. The summed E-state index contributed by atoms with van der Waals surface area (Å²) in [4.78, 5) is 19.9. The normalized spacial score (nSPS) is 12.6. The Hall–Kier alpha value is -5.96. The molecule has 7 aromatic rings. The summed E-state index contributed by atoms with van der Waals surface area (Å²) in [5.74, 6) is 1.02. The van der Waals surface area contributed by atoms with Gasteiger partial charge in [-0.05, 0) is 95.0 Å². The fourth-order valence-corrected chi connectivity index (χ4v) is 9.43. The Labute approximate surface area is 351 Å². The zero-order chi connectivity index (χ0) is 41.7. The zero-order valence-electron chi connectivity index (χ0n) is 33.9. The van der Waals surface area contributed by atoms with E-state index in [-0.39, 0.29) is 38.5 Å². The Morgan fingerprint density at radius 2 is 1.39 bits per heavy atom. The molecule has 1 heterocycles. The first-order chi connectivity index (χ1) is 28.1. The van der Waals surface area contributed by atoms with Gasteiger partial charge in [-0.3, -0.25) is 9.52 Å². The van der Waals surface area contributed by atoms with Crippen LogP contribution >= 0.6 is 11.6 Å². The molecule has 0 unspecified atom stereocenters. The van der Waals surface area contributed by atoms with Gasteiger partial charge in [0.05, 0.1) is 21.8 Å². The number of rotatable bonds is 11. The fourth-order valence-electron chi connectivity index (χ4n) is 8.19. The average Bonchev–Trinajstić information content (AvgIpc) is 3.19. The van der Waals surface area contributed by atoms with Gasteiger partial charge in [-0.2, -0.15) is 0 Å². The van der Waals surface area contributed by atoms with Gasteiger partial charge in [0.25, 0.3) is 10.0 Å². The number of nitrogens with zero attached hydrogens (tertiary/aromatic N) is 1. The lowest BCUT2D eigenvalue weighted by Crippen LogP contribution is -2.24. The van der Waals surface area contributed by atoms with Crippen molar-refractivity contribution in [3.63, 3.8) is 0 Å². The smallest absolute Gasteiger partial charge is 0.261 e. The lowest BCUT2D eigenvalue weighted by molar-refractivity contribution is 0.104. The number of hydrogen-bond donors (Lipinski definition) is 1. The molecule has 298 valence electrons. The predicted molar refractivity (Wildman–Crippen MR) is 237 cm³/mol. The maximum Gasteiger partial charge on any atom is 0.261 e. The number of carbonyl (C=O) groups excluding carboxylic acids is 1. The SMILES string of the molecule is Cc1ccc(S(=O)(=O)Nc2cc(Oc3ccc(C(C)(C)CC(C)(C)C)cc3)c3nc(-c4cc(Cl)ccc4OCc4ccccc4)cc4c3c2C(=O)c2ccccc2-4)cc1. The molecule has 1 aliphatic carbocycles. The van der Waals surface area contributed by atoms with E-state index in [1.54, 1.807) is 48.5 Å². The molecule has 7 nitrogen and oxygen atoms in total. The highest BCUT2D eigenvalue weighted by Crippen LogP contribution is 2.48. The average molecular weight is 821 g/mol. The van der Waals surface area contributed by atoms with Gasteiger partial charge >= 0.3 is 0 Å². The van der Waals surface area contributed by atoms with Crippen LogP contribution in [0.25, 0.3) is 33.3 Å². The van der Waals surface area contributed by atoms with E-state index in [0.717, 1.165) is 23.1 Å². The van der Waals surface area contributed by atoms with Gasteiger partial charge in [-0.15, -0.1) is 0 Å². The summed E-state index contributed by atoms with van der Waals surface area (Å²) >= 11 is 6.65. The van der Waals surface area contributed by atoms with Gasteiger partial charge in [0.1, 0.15) is 23.6 Å². The second-order valence-electron chi connectivity index (χ2n) is 17.0. The van der Waals surface area contributed by atoms with Crippen molar-refractivity contribution in [2.45, 2.75) is 64.9 Å². The molecule has 0 amide bonds. The highest BCUT2D eigenvalue weighted by molar-refractivity contribution is 7.92. The van der Waals surface area contributed by atoms with Crippen LogP contribution in [0.1, 0.15) is 73.7 Å². The molecule has 0 atom stereocenters. The first-order valence-corrected chi connectivity index (χ1v) is 21.4. The quantitative estimate of drug-likeness (QED) is 0.140. The van der Waals surface area contributed by atoms with Crippen LogP contribution in [0.15, 0.2) is 138 Å². The van der Waals surface area contributed by atoms with Crippen LogP contribution < -0.4 is 14.2 Å². The minimum Gasteiger partial charge on any atom is -0.488 e. The Kier molecular flexibility index (Phi) is 10.4. The molecule has 8 rings (SSSR count). The summed E-state index contributed by atoms with van der Waals surface area (Å²) in [6.45, 7) is 13.4. The standard InChI is InChI=1S/C50H45ClN2O5S/c1-31-16-23-36(24-17-31)59(55,56)53-42-28-44(58-35-21-18-33(19-22-35)50(5,6)30-49(2,3)4)47-45-39(37-14-10-11-15-38(37)48(54)46(42)45)27-41(52-47)40-26-34(51)20-25-43(40)57-29-32-12-8-7-9-13-32/h7-28,53H,29-30H2,1-6H3. The number of ketones is 1. The number of ether oxygens (including phenoxy) is 2. The largest absolute Gasteiger partial charge is 0.488 e. The number of sulfonamides is 1. The number of pyridine rings is 1. The lowest BCUT2D eigenvalue weighted by atomic mass is 9.72. The number of anilines is 1. The van der Waals surface area contributed by atoms with E-state index >= 15 is 0 Å². The molecule has 0 aliphatic heterocycles. The molecule has 6 aromatic carbocycles. The number of fused-ring (bicyclic) bond motifs is 2. The molecule has 0 saturated heterocycles. The molecule has 0 saturated carbocycles. The van der Waals surface area contributed by atoms with Crippen LogP contribution in [0, 0.1) is 12.3 Å². The van der Waals surface area contributed by atoms with E-state index in [4.69, 9.17) is 26.1 Å². The van der Waals surface area contributed by atoms with Crippen LogP contribution in [0.5, 0.6) is 17.2 Å². The summed E-state index contributed by atoms with van der Waals surface area (Å²) in [6.07, 6.45) is 0.975. The van der Waals surface area contributed by atoms with Crippen molar-refractivity contribution < 1.29 is 22.7 Å². The second kappa shape index (κ2) is 15.3. The maximum atomic E-state index is 14.6. The monoisotopic (exact) mass is 820 g/mol. The fraction of sp³-hybridized carbons (Fsp3) is 0.200. The third-order valence-corrected chi connectivity index (χ3v) is 12.2. The summed E-state index contributed by atoms with van der Waals surface area (Å²) < 4.78 is 44.0. The van der Waals surface area contributed by atoms with E-state index in [1.165, 1.54) is 0 Å². The maximum absolute atomic E-state index is 14.6. The summed E-state index contributed by atoms with van der Waals surface area (Å²) in [5.41, 5.74) is 6.72. The molecule has 1 N–H and O–H groups in total. The highest BCUT2D eigenvalue weighted by Gasteiger charge is 2.33. The topological polar surface area (TPSA) is 94.6 Å². The Morgan fingerprint density at radius 3 is 2.08 bits per heavy atom. The van der Waals surface area contributed by atoms with Crippen LogP contribution in [-0.4, -0.2) is 19.2 Å². The molecule has 59 heavy (non-hydrogen) atoms. The van der Waals surface area contributed by atoms with E-state index in [0.29, 0.717) is 62.0 Å². The van der Waals surface area contributed by atoms with E-state index in [2.05, 4.69) is 51.5 Å². The van der Waals surface area contributed by atoms with Crippen molar-refractivity contribution >= 4 is 44.0 Å². The molecule has 9 heteroatoms. The van der Waals surface area contributed by atoms with Crippen molar-refractivity contribution in [3.05, 3.63) is 166 Å². The third kappa shape index (κ3) is 8.20. The minimum atomic E-state index is -4.15. The van der Waals surface area contributed by atoms with Gasteiger partial charge in [0.15, 0.2) is 11.5 Å². The first-order valence-electron chi connectivity index (χ1n) is 19.6. The van der Waals surface area contributed by atoms with Crippen molar-refractivity contribution in [3.8, 4) is 39.6 Å². The number of benzene rings is 6. The molecule has 0 spiro atoms. The number of halogens is 1. The number of carbonyl (C=O) groups is 1. The van der Waals surface area contributed by atoms with E-state index in [1.807, 2.05) is 79.7 Å². The summed E-state index contributed by atoms with van der Waals surface area (Å²) in [5, 5.41) is 0.957. The zero-order valence-corrected chi connectivity index (χ0v) is 35.5. The number of aryl methyl sites for hydroxylation is 1. The van der Waals surface area contributed by atoms with Crippen LogP contribution in [0.3, 0.4) is 0 Å². The summed E-state index contributed by atoms with van der Waals surface area (Å²) in [6, 6.07) is 40.6. The molecular weight excluding hydrogens is 776 g/mol. The highest BCUT2D eigenvalue weighted by atomic mass is 35.5. The van der Waals surface area contributed by atoms with Crippen molar-refractivity contribution in [2.75, 3.05) is 4.72 Å². The van der Waals surface area contributed by atoms with E-state index < -0.39 is 10.0 Å². The summed E-state index contributed by atoms with van der Waals surface area (Å²) in [7, 11) is -4.15. The Bertz CT molecular complexity index is 2850. The first kappa shape index (κ1) is 39.8. The Balaban J connectivity index is 1.34. The molecule has 0 radical (unpaired) electrons. The third-order valence-electron chi connectivity index (χ3n) is 10.6. The van der Waals surface area contributed by atoms with Crippen LogP contribution in [0.4, 0.5) is 5.69 Å². The minimum absolute atomic E-state index is 0.0627. The Morgan fingerprint density at radius 1 is 0.712 bits per heavy atom. The van der Waals surface area contributed by atoms with E-state index in [9.17, 15) is 13.2 Å². The second-order valence-corrected chi connectivity index (χ2v) is 19.2. The van der Waals surface area contributed by atoms with Crippen LogP contribution in [-0.2, 0) is 22.0 Å². The number of aromatic nitrogens is 1. The molecule has 0 bridgehead atoms. The van der Waals surface area contributed by atoms with Crippen molar-refractivity contribution in [2.24, 2.45) is 5.41 Å². The van der Waals surface area contributed by atoms with Gasteiger partial charge < -0.3 is 9.47 Å². The van der Waals surface area contributed by atoms with Gasteiger partial charge in [-0.1, -0.05) is 131 Å².